The van der Waals surface area contributed by atoms with Crippen LogP contribution in [0.2, 0.25) is 0 Å². The molecule has 2 N–H and O–H groups in total. The van der Waals surface area contributed by atoms with Crippen LogP contribution in [-0.2, 0) is 4.79 Å². The second kappa shape index (κ2) is 7.41. The van der Waals surface area contributed by atoms with Gasteiger partial charge in [-0.25, -0.2) is 0 Å². The molecule has 0 unspecified atom stereocenters. The normalized spacial score (nSPS) is 11.5. The van der Waals surface area contributed by atoms with Gasteiger partial charge >= 0.3 is 0 Å². The van der Waals surface area contributed by atoms with Crippen LogP contribution >= 0.6 is 0 Å². The summed E-state index contributed by atoms with van der Waals surface area (Å²) in [6.07, 6.45) is 0. The molecule has 1 aromatic rings. The lowest BCUT2D eigenvalue weighted by molar-refractivity contribution is -0.123. The Morgan fingerprint density at radius 2 is 2.21 bits per heavy atom. The van der Waals surface area contributed by atoms with Crippen molar-refractivity contribution in [2.75, 3.05) is 13.2 Å². The number of nitrogens with zero attached hydrogens (tertiary/aromatic N) is 1. The average molecular weight is 264 g/mol. The zero-order valence-corrected chi connectivity index (χ0v) is 11.5. The van der Waals surface area contributed by atoms with E-state index in [0.29, 0.717) is 23.9 Å². The summed E-state index contributed by atoms with van der Waals surface area (Å²) in [7, 11) is 0. The molecule has 0 aromatic heterocycles. The van der Waals surface area contributed by atoms with Crippen molar-refractivity contribution in [3.63, 3.8) is 0 Å². The first-order valence-electron chi connectivity index (χ1n) is 6.21. The number of rotatable bonds is 6. The van der Waals surface area contributed by atoms with E-state index in [9.17, 15) is 4.79 Å². The number of ether oxygens (including phenoxy) is 1. The van der Waals surface area contributed by atoms with Crippen LogP contribution in [0.4, 0.5) is 0 Å². The summed E-state index contributed by atoms with van der Waals surface area (Å²) in [6.45, 7) is 6.36. The fourth-order valence-corrected chi connectivity index (χ4v) is 1.39. The Kier molecular flexibility index (Phi) is 5.85. The summed E-state index contributed by atoms with van der Waals surface area (Å²) in [6, 6.07) is 7.07. The van der Waals surface area contributed by atoms with Crippen molar-refractivity contribution in [3.05, 3.63) is 29.8 Å². The van der Waals surface area contributed by atoms with Crippen LogP contribution in [0, 0.1) is 5.92 Å². The van der Waals surface area contributed by atoms with Gasteiger partial charge in [-0.05, 0) is 25.0 Å². The van der Waals surface area contributed by atoms with Crippen LogP contribution < -0.4 is 10.1 Å². The number of oxime groups is 1. The van der Waals surface area contributed by atoms with E-state index in [4.69, 9.17) is 9.94 Å². The Bertz CT molecular complexity index is 456. The molecule has 5 nitrogen and oxygen atoms in total. The van der Waals surface area contributed by atoms with E-state index < -0.39 is 0 Å². The van der Waals surface area contributed by atoms with Crippen molar-refractivity contribution in [2.45, 2.75) is 20.8 Å². The van der Waals surface area contributed by atoms with Gasteiger partial charge in [0.1, 0.15) is 5.75 Å². The quantitative estimate of drug-likeness (QED) is 0.469. The molecule has 5 heteroatoms. The fourth-order valence-electron chi connectivity index (χ4n) is 1.39. The van der Waals surface area contributed by atoms with Crippen molar-refractivity contribution < 1.29 is 14.7 Å². The SMILES string of the molecule is C/C(=N\O)c1cccc(OCC(=O)NCC(C)C)c1. The molecule has 1 amide bonds. The largest absolute Gasteiger partial charge is 0.484 e. The topological polar surface area (TPSA) is 70.9 Å². The number of benzene rings is 1. The molecule has 0 aliphatic heterocycles. The van der Waals surface area contributed by atoms with Gasteiger partial charge in [0, 0.05) is 12.1 Å². The summed E-state index contributed by atoms with van der Waals surface area (Å²) in [5.41, 5.74) is 1.25. The van der Waals surface area contributed by atoms with Gasteiger partial charge in [-0.3, -0.25) is 4.79 Å². The molecule has 0 saturated heterocycles. The molecule has 0 aliphatic rings. The van der Waals surface area contributed by atoms with Crippen LogP contribution in [0.1, 0.15) is 26.3 Å². The van der Waals surface area contributed by atoms with Gasteiger partial charge in [0.25, 0.3) is 5.91 Å². The third-order valence-electron chi connectivity index (χ3n) is 2.48. The molecule has 1 aromatic carbocycles. The van der Waals surface area contributed by atoms with Gasteiger partial charge in [0.2, 0.25) is 0 Å². The van der Waals surface area contributed by atoms with Crippen molar-refractivity contribution in [2.24, 2.45) is 11.1 Å². The first-order valence-corrected chi connectivity index (χ1v) is 6.21. The predicted octanol–water partition coefficient (Wildman–Crippen LogP) is 2.04. The van der Waals surface area contributed by atoms with Gasteiger partial charge in [0.05, 0.1) is 5.71 Å². The second-order valence-corrected chi connectivity index (χ2v) is 4.70. The lowest BCUT2D eigenvalue weighted by Gasteiger charge is -2.09. The lowest BCUT2D eigenvalue weighted by Crippen LogP contribution is -2.31. The molecule has 0 saturated carbocycles. The van der Waals surface area contributed by atoms with E-state index in [1.165, 1.54) is 0 Å². The maximum atomic E-state index is 11.5. The number of carbonyl (C=O) groups is 1. The van der Waals surface area contributed by atoms with E-state index in [0.717, 1.165) is 5.56 Å². The summed E-state index contributed by atoms with van der Waals surface area (Å²) >= 11 is 0. The highest BCUT2D eigenvalue weighted by Gasteiger charge is 2.05. The van der Waals surface area contributed by atoms with Crippen LogP contribution in [0.25, 0.3) is 0 Å². The zero-order chi connectivity index (χ0) is 14.3. The number of hydrogen-bond acceptors (Lipinski definition) is 4. The Labute approximate surface area is 113 Å². The van der Waals surface area contributed by atoms with Crippen LogP contribution in [0.3, 0.4) is 0 Å². The monoisotopic (exact) mass is 264 g/mol. The highest BCUT2D eigenvalue weighted by Crippen LogP contribution is 2.13. The molecule has 1 rings (SSSR count). The van der Waals surface area contributed by atoms with Gasteiger partial charge in [-0.1, -0.05) is 31.1 Å². The third-order valence-corrected chi connectivity index (χ3v) is 2.48. The third kappa shape index (κ3) is 5.42. The molecular formula is C14H20N2O3. The highest BCUT2D eigenvalue weighted by molar-refractivity contribution is 5.98. The number of amides is 1. The molecule has 19 heavy (non-hydrogen) atoms. The smallest absolute Gasteiger partial charge is 0.257 e. The highest BCUT2D eigenvalue weighted by atomic mass is 16.5. The maximum Gasteiger partial charge on any atom is 0.257 e. The second-order valence-electron chi connectivity index (χ2n) is 4.70. The minimum absolute atomic E-state index is 0.0223. The Morgan fingerprint density at radius 1 is 1.47 bits per heavy atom. The number of nitrogens with one attached hydrogen (secondary N) is 1. The van der Waals surface area contributed by atoms with E-state index in [1.54, 1.807) is 31.2 Å². The maximum absolute atomic E-state index is 11.5. The van der Waals surface area contributed by atoms with Crippen molar-refractivity contribution in [1.29, 1.82) is 0 Å². The number of hydrogen-bond donors (Lipinski definition) is 2. The molecule has 0 bridgehead atoms. The van der Waals surface area contributed by atoms with E-state index in [2.05, 4.69) is 10.5 Å². The molecule has 0 radical (unpaired) electrons. The molecule has 0 aliphatic carbocycles. The molecule has 0 heterocycles. The first kappa shape index (κ1) is 15.0. The van der Waals surface area contributed by atoms with Crippen molar-refractivity contribution in [3.8, 4) is 5.75 Å². The van der Waals surface area contributed by atoms with Gasteiger partial charge in [0.15, 0.2) is 6.61 Å². The molecule has 0 atom stereocenters. The molecular weight excluding hydrogens is 244 g/mol. The molecule has 104 valence electrons. The predicted molar refractivity (Wildman–Crippen MR) is 73.8 cm³/mol. The van der Waals surface area contributed by atoms with E-state index in [-0.39, 0.29) is 12.5 Å². The van der Waals surface area contributed by atoms with Crippen LogP contribution in [0.5, 0.6) is 5.75 Å². The van der Waals surface area contributed by atoms with Crippen molar-refractivity contribution >= 4 is 11.6 Å². The van der Waals surface area contributed by atoms with Gasteiger partial charge in [-0.2, -0.15) is 0 Å². The lowest BCUT2D eigenvalue weighted by atomic mass is 10.1. The zero-order valence-electron chi connectivity index (χ0n) is 11.5. The Morgan fingerprint density at radius 3 is 2.84 bits per heavy atom. The van der Waals surface area contributed by atoms with E-state index >= 15 is 0 Å². The summed E-state index contributed by atoms with van der Waals surface area (Å²) in [4.78, 5) is 11.5. The summed E-state index contributed by atoms with van der Waals surface area (Å²) in [5, 5.41) is 14.6. The average Bonchev–Trinajstić information content (AvgIpc) is 2.42. The number of carbonyl (C=O) groups excluding carboxylic acids is 1. The van der Waals surface area contributed by atoms with Gasteiger partial charge < -0.3 is 15.3 Å². The standard InChI is InChI=1S/C14H20N2O3/c1-10(2)8-15-14(17)9-19-13-6-4-5-12(7-13)11(3)16-18/h4-7,10,18H,8-9H2,1-3H3,(H,15,17)/b16-11+. The summed E-state index contributed by atoms with van der Waals surface area (Å²) in [5.74, 6) is 0.836. The minimum atomic E-state index is -0.147. The first-order chi connectivity index (χ1) is 9.02. The minimum Gasteiger partial charge on any atom is -0.484 e. The summed E-state index contributed by atoms with van der Waals surface area (Å²) < 4.78 is 5.39. The van der Waals surface area contributed by atoms with Crippen LogP contribution in [0.15, 0.2) is 29.4 Å². The van der Waals surface area contributed by atoms with Crippen molar-refractivity contribution in [1.82, 2.24) is 5.32 Å². The van der Waals surface area contributed by atoms with Gasteiger partial charge in [-0.15, -0.1) is 0 Å². The fraction of sp³-hybridized carbons (Fsp3) is 0.429. The molecule has 0 spiro atoms. The Hall–Kier alpha value is -2.04. The Balaban J connectivity index is 2.52. The molecule has 0 fully saturated rings. The van der Waals surface area contributed by atoms with Crippen LogP contribution in [-0.4, -0.2) is 30.0 Å². The van der Waals surface area contributed by atoms with E-state index in [1.807, 2.05) is 13.8 Å².